The number of alkyl halides is 3. The van der Waals surface area contributed by atoms with Crippen molar-refractivity contribution in [3.05, 3.63) is 59.9 Å². The van der Waals surface area contributed by atoms with Gasteiger partial charge in [-0.1, -0.05) is 18.2 Å². The van der Waals surface area contributed by atoms with E-state index in [0.29, 0.717) is 0 Å². The lowest BCUT2D eigenvalue weighted by molar-refractivity contribution is -0.139. The van der Waals surface area contributed by atoms with E-state index in [2.05, 4.69) is 10.3 Å². The molecule has 1 atom stereocenters. The first-order valence-electron chi connectivity index (χ1n) is 6.86. The van der Waals surface area contributed by atoms with Crippen molar-refractivity contribution in [1.82, 2.24) is 10.3 Å². The van der Waals surface area contributed by atoms with E-state index in [1.807, 2.05) is 0 Å². The van der Waals surface area contributed by atoms with Crippen molar-refractivity contribution in [2.45, 2.75) is 19.1 Å². The Morgan fingerprint density at radius 3 is 2.65 bits per heavy atom. The second-order valence-corrected chi connectivity index (χ2v) is 4.86. The average Bonchev–Trinajstić information content (AvgIpc) is 2.53. The summed E-state index contributed by atoms with van der Waals surface area (Å²) in [5.74, 6) is -0.887. The van der Waals surface area contributed by atoms with Crippen LogP contribution in [0, 0.1) is 0 Å². The molecule has 0 spiro atoms. The van der Waals surface area contributed by atoms with Crippen LogP contribution >= 0.6 is 0 Å². The Hall–Kier alpha value is -2.57. The van der Waals surface area contributed by atoms with Gasteiger partial charge in [-0.3, -0.25) is 9.78 Å². The summed E-state index contributed by atoms with van der Waals surface area (Å²) in [5.41, 5.74) is -0.121. The van der Waals surface area contributed by atoms with Gasteiger partial charge < -0.3 is 10.1 Å². The molecule has 0 saturated heterocycles. The molecular weight excluding hydrogens is 309 g/mol. The van der Waals surface area contributed by atoms with E-state index in [-0.39, 0.29) is 11.8 Å². The molecule has 0 radical (unpaired) electrons. The Morgan fingerprint density at radius 2 is 2.00 bits per heavy atom. The van der Waals surface area contributed by atoms with Crippen molar-refractivity contribution in [3.63, 3.8) is 0 Å². The zero-order valence-electron chi connectivity index (χ0n) is 12.3. The molecule has 0 fully saturated rings. The number of carbonyl (C=O) groups is 1. The Bertz CT molecular complexity index is 660. The van der Waals surface area contributed by atoms with Gasteiger partial charge in [0.15, 0.2) is 6.61 Å². The number of amides is 1. The van der Waals surface area contributed by atoms with E-state index in [4.69, 9.17) is 4.74 Å². The van der Waals surface area contributed by atoms with Crippen LogP contribution in [-0.4, -0.2) is 17.5 Å². The minimum Gasteiger partial charge on any atom is -0.483 e. The van der Waals surface area contributed by atoms with Crippen molar-refractivity contribution in [2.24, 2.45) is 0 Å². The fraction of sp³-hybridized carbons (Fsp3) is 0.250. The van der Waals surface area contributed by atoms with Crippen LogP contribution in [0.2, 0.25) is 0 Å². The molecule has 0 saturated carbocycles. The number of aromatic nitrogens is 1. The number of pyridine rings is 1. The number of nitrogens with zero attached hydrogens (tertiary/aromatic N) is 1. The maximum Gasteiger partial charge on any atom is 0.419 e. The maximum atomic E-state index is 12.8. The number of nitrogens with one attached hydrogen (secondary N) is 1. The first-order valence-corrected chi connectivity index (χ1v) is 6.86. The van der Waals surface area contributed by atoms with Crippen LogP contribution in [0.3, 0.4) is 0 Å². The molecule has 122 valence electrons. The molecule has 1 heterocycles. The predicted molar refractivity (Wildman–Crippen MR) is 77.7 cm³/mol. The van der Waals surface area contributed by atoms with Gasteiger partial charge in [0.1, 0.15) is 5.75 Å². The lowest BCUT2D eigenvalue weighted by Gasteiger charge is -2.16. The van der Waals surface area contributed by atoms with E-state index in [1.54, 1.807) is 31.5 Å². The van der Waals surface area contributed by atoms with Gasteiger partial charge in [-0.2, -0.15) is 13.2 Å². The standard InChI is InChI=1S/C16H15F3N2O2/c1-11(12-5-4-8-20-9-12)21-15(22)10-23-14-7-3-2-6-13(14)16(17,18)19/h2-9,11H,10H2,1H3,(H,21,22). The lowest BCUT2D eigenvalue weighted by Crippen LogP contribution is -2.31. The van der Waals surface area contributed by atoms with Crippen LogP contribution in [0.4, 0.5) is 13.2 Å². The van der Waals surface area contributed by atoms with Gasteiger partial charge in [0.05, 0.1) is 11.6 Å². The van der Waals surface area contributed by atoms with E-state index >= 15 is 0 Å². The molecule has 0 aliphatic rings. The summed E-state index contributed by atoms with van der Waals surface area (Å²) in [6.07, 6.45) is -1.32. The smallest absolute Gasteiger partial charge is 0.419 e. The summed E-state index contributed by atoms with van der Waals surface area (Å²) in [4.78, 5) is 15.8. The van der Waals surface area contributed by atoms with Crippen molar-refractivity contribution in [3.8, 4) is 5.75 Å². The van der Waals surface area contributed by atoms with Crippen LogP contribution in [-0.2, 0) is 11.0 Å². The van der Waals surface area contributed by atoms with E-state index in [0.717, 1.165) is 11.6 Å². The van der Waals surface area contributed by atoms with E-state index in [9.17, 15) is 18.0 Å². The first-order chi connectivity index (χ1) is 10.9. The number of rotatable bonds is 5. The molecular formula is C16H15F3N2O2. The molecule has 2 rings (SSSR count). The quantitative estimate of drug-likeness (QED) is 0.917. The molecule has 1 N–H and O–H groups in total. The number of ether oxygens (including phenoxy) is 1. The molecule has 7 heteroatoms. The number of hydrogen-bond donors (Lipinski definition) is 1. The molecule has 1 aromatic heterocycles. The lowest BCUT2D eigenvalue weighted by atomic mass is 10.1. The third-order valence-electron chi connectivity index (χ3n) is 3.11. The highest BCUT2D eigenvalue weighted by Crippen LogP contribution is 2.35. The van der Waals surface area contributed by atoms with Crippen LogP contribution < -0.4 is 10.1 Å². The van der Waals surface area contributed by atoms with Gasteiger partial charge in [0.25, 0.3) is 5.91 Å². The molecule has 4 nitrogen and oxygen atoms in total. The van der Waals surface area contributed by atoms with E-state index < -0.39 is 24.3 Å². The molecule has 0 aliphatic heterocycles. The highest BCUT2D eigenvalue weighted by atomic mass is 19.4. The fourth-order valence-electron chi connectivity index (χ4n) is 1.97. The van der Waals surface area contributed by atoms with Crippen LogP contribution in [0.5, 0.6) is 5.75 Å². The average molecular weight is 324 g/mol. The van der Waals surface area contributed by atoms with Crippen LogP contribution in [0.15, 0.2) is 48.8 Å². The molecule has 0 bridgehead atoms. The summed E-state index contributed by atoms with van der Waals surface area (Å²) in [6, 6.07) is 7.97. The van der Waals surface area contributed by atoms with Crippen LogP contribution in [0.25, 0.3) is 0 Å². The van der Waals surface area contributed by atoms with Crippen molar-refractivity contribution < 1.29 is 22.7 Å². The highest BCUT2D eigenvalue weighted by Gasteiger charge is 2.34. The normalized spacial score (nSPS) is 12.5. The van der Waals surface area contributed by atoms with Crippen LogP contribution in [0.1, 0.15) is 24.1 Å². The third kappa shape index (κ3) is 4.70. The summed E-state index contributed by atoms with van der Waals surface area (Å²) < 4.78 is 43.5. The Morgan fingerprint density at radius 1 is 1.26 bits per heavy atom. The summed E-state index contributed by atoms with van der Waals surface area (Å²) in [6.45, 7) is 1.25. The fourth-order valence-corrected chi connectivity index (χ4v) is 1.97. The summed E-state index contributed by atoms with van der Waals surface area (Å²) in [7, 11) is 0. The second kappa shape index (κ2) is 7.13. The largest absolute Gasteiger partial charge is 0.483 e. The van der Waals surface area contributed by atoms with Gasteiger partial charge in [0.2, 0.25) is 0 Å². The summed E-state index contributed by atoms with van der Waals surface area (Å²) in [5, 5.41) is 2.64. The number of hydrogen-bond acceptors (Lipinski definition) is 3. The van der Waals surface area contributed by atoms with Gasteiger partial charge >= 0.3 is 6.18 Å². The summed E-state index contributed by atoms with van der Waals surface area (Å²) >= 11 is 0. The van der Waals surface area contributed by atoms with Crippen molar-refractivity contribution in [1.29, 1.82) is 0 Å². The van der Waals surface area contributed by atoms with Crippen molar-refractivity contribution >= 4 is 5.91 Å². The maximum absolute atomic E-state index is 12.8. The highest BCUT2D eigenvalue weighted by molar-refractivity contribution is 5.78. The Labute approximate surface area is 131 Å². The molecule has 1 amide bonds. The molecule has 1 aromatic carbocycles. The Kier molecular flexibility index (Phi) is 5.20. The predicted octanol–water partition coefficient (Wildman–Crippen LogP) is 3.36. The molecule has 1 unspecified atom stereocenters. The van der Waals surface area contributed by atoms with Gasteiger partial charge in [-0.25, -0.2) is 0 Å². The number of halogens is 3. The SMILES string of the molecule is CC(NC(=O)COc1ccccc1C(F)(F)F)c1cccnc1. The Balaban J connectivity index is 1.95. The zero-order chi connectivity index (χ0) is 16.9. The molecule has 23 heavy (non-hydrogen) atoms. The second-order valence-electron chi connectivity index (χ2n) is 4.86. The first kappa shape index (κ1) is 16.8. The molecule has 0 aliphatic carbocycles. The van der Waals surface area contributed by atoms with Gasteiger partial charge in [-0.15, -0.1) is 0 Å². The topological polar surface area (TPSA) is 51.2 Å². The monoisotopic (exact) mass is 324 g/mol. The minimum absolute atomic E-state index is 0.322. The third-order valence-corrected chi connectivity index (χ3v) is 3.11. The van der Waals surface area contributed by atoms with Gasteiger partial charge in [-0.05, 0) is 30.7 Å². The number of para-hydroxylation sites is 1. The number of carbonyl (C=O) groups excluding carboxylic acids is 1. The molecule has 2 aromatic rings. The minimum atomic E-state index is -4.53. The number of benzene rings is 1. The van der Waals surface area contributed by atoms with E-state index in [1.165, 1.54) is 18.2 Å². The van der Waals surface area contributed by atoms with Crippen molar-refractivity contribution in [2.75, 3.05) is 6.61 Å². The zero-order valence-corrected chi connectivity index (χ0v) is 12.3. The van der Waals surface area contributed by atoms with Gasteiger partial charge in [0, 0.05) is 12.4 Å².